The highest BCUT2D eigenvalue weighted by molar-refractivity contribution is 6.02. The highest BCUT2D eigenvalue weighted by Gasteiger charge is 2.17. The predicted octanol–water partition coefficient (Wildman–Crippen LogP) is 4.31. The van der Waals surface area contributed by atoms with Crippen LogP contribution in [0.5, 0.6) is 0 Å². The smallest absolute Gasteiger partial charge is 0.252 e. The van der Waals surface area contributed by atoms with E-state index in [0.717, 1.165) is 16.6 Å². The molecule has 0 atom stereocenters. The Balaban J connectivity index is 1.76. The maximum Gasteiger partial charge on any atom is 0.252 e. The number of nitrogens with zero attached hydrogens (tertiary/aromatic N) is 2. The molecule has 1 amide bonds. The molecule has 0 fully saturated rings. The zero-order chi connectivity index (χ0) is 19.7. The first-order chi connectivity index (χ1) is 13.5. The Morgan fingerprint density at radius 1 is 1.14 bits per heavy atom. The molecule has 0 spiro atoms. The predicted molar refractivity (Wildman–Crippen MR) is 109 cm³/mol. The zero-order valence-electron chi connectivity index (χ0n) is 15.1. The quantitative estimate of drug-likeness (QED) is 0.485. The normalized spacial score (nSPS) is 10.8. The van der Waals surface area contributed by atoms with Crippen molar-refractivity contribution in [2.24, 2.45) is 5.73 Å². The van der Waals surface area contributed by atoms with Crippen molar-refractivity contribution in [3.8, 4) is 0 Å². The van der Waals surface area contributed by atoms with Gasteiger partial charge < -0.3 is 20.9 Å². The molecule has 0 bridgehead atoms. The minimum atomic E-state index is -0.566. The summed E-state index contributed by atoms with van der Waals surface area (Å²) in [5.74, 6) is -0.369. The lowest BCUT2D eigenvalue weighted by Gasteiger charge is -2.23. The maximum absolute atomic E-state index is 13.1. The molecule has 0 saturated carbocycles. The van der Waals surface area contributed by atoms with E-state index in [1.54, 1.807) is 18.2 Å². The molecule has 2 aromatic heterocycles. The Hall–Kier alpha value is -3.87. The van der Waals surface area contributed by atoms with Crippen LogP contribution in [0.2, 0.25) is 0 Å². The summed E-state index contributed by atoms with van der Waals surface area (Å²) in [5.41, 5.74) is 9.07. The number of halogens is 1. The van der Waals surface area contributed by atoms with Crippen molar-refractivity contribution < 1.29 is 9.18 Å². The average molecular weight is 375 g/mol. The second-order valence-corrected chi connectivity index (χ2v) is 6.36. The molecule has 2 aromatic carbocycles. The summed E-state index contributed by atoms with van der Waals surface area (Å²) in [6.07, 6.45) is 3.31. The molecule has 7 heteroatoms. The van der Waals surface area contributed by atoms with Gasteiger partial charge in [0.05, 0.1) is 16.9 Å². The number of H-pyrrole nitrogens is 1. The fraction of sp³-hybridized carbons (Fsp3) is 0.0476. The third-order valence-corrected chi connectivity index (χ3v) is 4.56. The SMILES string of the molecule is CN(c1cc(Nc2ccc(F)cc2)ncc1C(N)=O)c1cccc2[nH]ccc12. The highest BCUT2D eigenvalue weighted by Crippen LogP contribution is 2.33. The third-order valence-electron chi connectivity index (χ3n) is 4.56. The Morgan fingerprint density at radius 2 is 1.93 bits per heavy atom. The Labute approximate surface area is 160 Å². The second-order valence-electron chi connectivity index (χ2n) is 6.36. The summed E-state index contributed by atoms with van der Waals surface area (Å²) in [6.45, 7) is 0. The van der Waals surface area contributed by atoms with Crippen molar-refractivity contribution in [2.75, 3.05) is 17.3 Å². The molecule has 0 unspecified atom stereocenters. The van der Waals surface area contributed by atoms with Crippen LogP contribution < -0.4 is 16.0 Å². The van der Waals surface area contributed by atoms with Crippen LogP contribution in [0.1, 0.15) is 10.4 Å². The van der Waals surface area contributed by atoms with Crippen molar-refractivity contribution in [3.05, 3.63) is 78.4 Å². The van der Waals surface area contributed by atoms with E-state index in [2.05, 4.69) is 15.3 Å². The number of primary amides is 1. The van der Waals surface area contributed by atoms with Crippen LogP contribution in [-0.2, 0) is 0 Å². The van der Waals surface area contributed by atoms with Crippen molar-refractivity contribution in [1.82, 2.24) is 9.97 Å². The number of hydrogen-bond donors (Lipinski definition) is 3. The first-order valence-corrected chi connectivity index (χ1v) is 8.65. The van der Waals surface area contributed by atoms with Crippen LogP contribution in [0.3, 0.4) is 0 Å². The molecule has 4 rings (SSSR count). The van der Waals surface area contributed by atoms with E-state index in [4.69, 9.17) is 5.73 Å². The Morgan fingerprint density at radius 3 is 2.68 bits per heavy atom. The number of benzene rings is 2. The van der Waals surface area contributed by atoms with Gasteiger partial charge in [-0.05, 0) is 42.5 Å². The molecular formula is C21H18FN5O. The van der Waals surface area contributed by atoms with Crippen molar-refractivity contribution >= 4 is 39.7 Å². The molecule has 4 N–H and O–H groups in total. The van der Waals surface area contributed by atoms with Gasteiger partial charge in [0, 0.05) is 42.1 Å². The number of fused-ring (bicyclic) bond motifs is 1. The first-order valence-electron chi connectivity index (χ1n) is 8.65. The van der Waals surface area contributed by atoms with Gasteiger partial charge in [-0.15, -0.1) is 0 Å². The van der Waals surface area contributed by atoms with Crippen LogP contribution >= 0.6 is 0 Å². The number of amides is 1. The fourth-order valence-electron chi connectivity index (χ4n) is 3.15. The molecule has 0 saturated heterocycles. The molecule has 0 radical (unpaired) electrons. The van der Waals surface area contributed by atoms with E-state index in [1.165, 1.54) is 18.3 Å². The molecule has 6 nitrogen and oxygen atoms in total. The summed E-state index contributed by atoms with van der Waals surface area (Å²) < 4.78 is 13.1. The lowest BCUT2D eigenvalue weighted by molar-refractivity contribution is 0.100. The van der Waals surface area contributed by atoms with E-state index >= 15 is 0 Å². The van der Waals surface area contributed by atoms with Gasteiger partial charge in [0.1, 0.15) is 11.6 Å². The molecule has 0 aliphatic heterocycles. The first kappa shape index (κ1) is 17.5. The molecular weight excluding hydrogens is 357 g/mol. The number of aromatic amines is 1. The van der Waals surface area contributed by atoms with Gasteiger partial charge in [0.2, 0.25) is 0 Å². The minimum absolute atomic E-state index is 0.305. The summed E-state index contributed by atoms with van der Waals surface area (Å²) >= 11 is 0. The number of carbonyl (C=O) groups is 1. The second kappa shape index (κ2) is 7.03. The number of rotatable bonds is 5. The molecule has 4 aromatic rings. The summed E-state index contributed by atoms with van der Waals surface area (Å²) in [5, 5.41) is 4.13. The van der Waals surface area contributed by atoms with Gasteiger partial charge in [-0.1, -0.05) is 6.07 Å². The third kappa shape index (κ3) is 3.25. The number of anilines is 4. The molecule has 140 valence electrons. The maximum atomic E-state index is 13.1. The number of nitrogens with one attached hydrogen (secondary N) is 2. The molecule has 0 aliphatic carbocycles. The number of hydrogen-bond acceptors (Lipinski definition) is 4. The average Bonchev–Trinajstić information content (AvgIpc) is 3.18. The molecule has 2 heterocycles. The van der Waals surface area contributed by atoms with E-state index in [1.807, 2.05) is 42.4 Å². The number of nitrogens with two attached hydrogens (primary N) is 1. The van der Waals surface area contributed by atoms with E-state index in [9.17, 15) is 9.18 Å². The van der Waals surface area contributed by atoms with Gasteiger partial charge in [-0.25, -0.2) is 9.37 Å². The van der Waals surface area contributed by atoms with Crippen molar-refractivity contribution in [3.63, 3.8) is 0 Å². The lowest BCUT2D eigenvalue weighted by Crippen LogP contribution is -2.19. The van der Waals surface area contributed by atoms with Crippen LogP contribution in [0, 0.1) is 5.82 Å². The fourth-order valence-corrected chi connectivity index (χ4v) is 3.15. The summed E-state index contributed by atoms with van der Waals surface area (Å²) in [6, 6.07) is 15.6. The zero-order valence-corrected chi connectivity index (χ0v) is 15.1. The molecule has 28 heavy (non-hydrogen) atoms. The number of carbonyl (C=O) groups excluding carboxylic acids is 1. The van der Waals surface area contributed by atoms with Gasteiger partial charge in [-0.2, -0.15) is 0 Å². The standard InChI is InChI=1S/C21H18FN5O/c1-27(18-4-2-3-17-15(18)9-10-24-17)19-11-20(25-12-16(19)21(23)28)26-14-7-5-13(22)6-8-14/h2-12,24H,1H3,(H2,23,28)(H,25,26). The topological polar surface area (TPSA) is 87.0 Å². The van der Waals surface area contributed by atoms with E-state index in [-0.39, 0.29) is 5.82 Å². The Bertz CT molecular complexity index is 1150. The van der Waals surface area contributed by atoms with Gasteiger partial charge in [-0.3, -0.25) is 4.79 Å². The van der Waals surface area contributed by atoms with Crippen molar-refractivity contribution in [2.45, 2.75) is 0 Å². The highest BCUT2D eigenvalue weighted by atomic mass is 19.1. The Kier molecular flexibility index (Phi) is 4.41. The van der Waals surface area contributed by atoms with Gasteiger partial charge in [0.15, 0.2) is 0 Å². The number of aromatic nitrogens is 2. The summed E-state index contributed by atoms with van der Waals surface area (Å²) in [4.78, 5) is 21.3. The van der Waals surface area contributed by atoms with Crippen LogP contribution in [0.15, 0.2) is 67.0 Å². The van der Waals surface area contributed by atoms with E-state index < -0.39 is 5.91 Å². The van der Waals surface area contributed by atoms with E-state index in [0.29, 0.717) is 22.8 Å². The van der Waals surface area contributed by atoms with Crippen LogP contribution in [0.4, 0.5) is 27.3 Å². The van der Waals surface area contributed by atoms with Crippen LogP contribution in [-0.4, -0.2) is 22.9 Å². The summed E-state index contributed by atoms with van der Waals surface area (Å²) in [7, 11) is 1.87. The van der Waals surface area contributed by atoms with Crippen molar-refractivity contribution in [1.29, 1.82) is 0 Å². The lowest BCUT2D eigenvalue weighted by atomic mass is 10.1. The monoisotopic (exact) mass is 375 g/mol. The number of pyridine rings is 1. The van der Waals surface area contributed by atoms with Crippen LogP contribution in [0.25, 0.3) is 10.9 Å². The van der Waals surface area contributed by atoms with Gasteiger partial charge >= 0.3 is 0 Å². The minimum Gasteiger partial charge on any atom is -0.365 e. The van der Waals surface area contributed by atoms with Gasteiger partial charge in [0.25, 0.3) is 5.91 Å². The molecule has 0 aliphatic rings. The largest absolute Gasteiger partial charge is 0.365 e.